The predicted molar refractivity (Wildman–Crippen MR) is 62.7 cm³/mol. The van der Waals surface area contributed by atoms with Crippen LogP contribution in [0.1, 0.15) is 50.0 Å². The van der Waals surface area contributed by atoms with Gasteiger partial charge in [-0.05, 0) is 30.4 Å². The summed E-state index contributed by atoms with van der Waals surface area (Å²) in [5.41, 5.74) is 0.190. The molecule has 1 aromatic rings. The van der Waals surface area contributed by atoms with Gasteiger partial charge in [-0.15, -0.1) is 11.3 Å². The van der Waals surface area contributed by atoms with Crippen molar-refractivity contribution < 1.29 is 5.11 Å². The third-order valence-electron chi connectivity index (χ3n) is 2.17. The van der Waals surface area contributed by atoms with Crippen LogP contribution in [-0.4, -0.2) is 5.11 Å². The third kappa shape index (κ3) is 3.43. The molecule has 1 atom stereocenters. The lowest BCUT2D eigenvalue weighted by atomic mass is 9.89. The summed E-state index contributed by atoms with van der Waals surface area (Å²) in [6.45, 7) is 8.62. The first kappa shape index (κ1) is 11.7. The Labute approximate surface area is 90.8 Å². The summed E-state index contributed by atoms with van der Waals surface area (Å²) >= 11 is 1.73. The smallest absolute Gasteiger partial charge is 0.0887 e. The molecule has 14 heavy (non-hydrogen) atoms. The van der Waals surface area contributed by atoms with E-state index >= 15 is 0 Å². The summed E-state index contributed by atoms with van der Waals surface area (Å²) in [7, 11) is 0. The van der Waals surface area contributed by atoms with Gasteiger partial charge in [-0.3, -0.25) is 0 Å². The fourth-order valence-corrected chi connectivity index (χ4v) is 2.38. The molecule has 1 aromatic heterocycles. The van der Waals surface area contributed by atoms with Crippen LogP contribution in [0.3, 0.4) is 0 Å². The van der Waals surface area contributed by atoms with Gasteiger partial charge in [0.2, 0.25) is 0 Å². The van der Waals surface area contributed by atoms with Gasteiger partial charge < -0.3 is 5.11 Å². The van der Waals surface area contributed by atoms with E-state index < -0.39 is 0 Å². The highest BCUT2D eigenvalue weighted by Crippen LogP contribution is 2.32. The molecule has 0 radical (unpaired) electrons. The molecule has 1 rings (SSSR count). The van der Waals surface area contributed by atoms with Crippen molar-refractivity contribution in [3.05, 3.63) is 21.9 Å². The van der Waals surface area contributed by atoms with Crippen molar-refractivity contribution in [2.75, 3.05) is 0 Å². The first-order valence-electron chi connectivity index (χ1n) is 5.19. The molecule has 0 aromatic carbocycles. The normalized spacial score (nSPS) is 14.4. The molecule has 0 aliphatic rings. The molecule has 0 saturated heterocycles. The van der Waals surface area contributed by atoms with Gasteiger partial charge in [0.15, 0.2) is 0 Å². The van der Waals surface area contributed by atoms with Gasteiger partial charge in [-0.2, -0.15) is 0 Å². The van der Waals surface area contributed by atoms with Gasteiger partial charge in [0.1, 0.15) is 0 Å². The Balaban J connectivity index is 2.65. The molecule has 0 aliphatic heterocycles. The molecule has 0 fully saturated rings. The molecule has 0 spiro atoms. The topological polar surface area (TPSA) is 20.2 Å². The molecule has 80 valence electrons. The fraction of sp³-hybridized carbons (Fsp3) is 0.667. The Morgan fingerprint density at radius 3 is 2.43 bits per heavy atom. The van der Waals surface area contributed by atoms with Gasteiger partial charge in [0, 0.05) is 9.75 Å². The second kappa shape index (κ2) is 4.45. The van der Waals surface area contributed by atoms with E-state index in [2.05, 4.69) is 39.8 Å². The van der Waals surface area contributed by atoms with Crippen molar-refractivity contribution in [3.8, 4) is 0 Å². The molecular formula is C12H20OS. The number of hydrogen-bond donors (Lipinski definition) is 1. The molecule has 1 heterocycles. The monoisotopic (exact) mass is 212 g/mol. The van der Waals surface area contributed by atoms with Crippen LogP contribution in [0.5, 0.6) is 0 Å². The van der Waals surface area contributed by atoms with Crippen LogP contribution >= 0.6 is 11.3 Å². The van der Waals surface area contributed by atoms with Crippen LogP contribution in [0, 0.1) is 5.41 Å². The van der Waals surface area contributed by atoms with E-state index in [-0.39, 0.29) is 11.5 Å². The number of aliphatic hydroxyl groups is 1. The minimum Gasteiger partial charge on any atom is -0.388 e. The van der Waals surface area contributed by atoms with Crippen LogP contribution < -0.4 is 0 Å². The fourth-order valence-electron chi connectivity index (χ4n) is 1.44. The van der Waals surface area contributed by atoms with Crippen molar-refractivity contribution in [1.82, 2.24) is 0 Å². The molecule has 0 saturated carbocycles. The molecule has 1 N–H and O–H groups in total. The second-order valence-electron chi connectivity index (χ2n) is 4.94. The second-order valence-corrected chi connectivity index (χ2v) is 6.14. The molecule has 2 heteroatoms. The highest BCUT2D eigenvalue weighted by atomic mass is 32.1. The summed E-state index contributed by atoms with van der Waals surface area (Å²) in [5, 5.41) is 9.98. The van der Waals surface area contributed by atoms with Gasteiger partial charge in [0.25, 0.3) is 0 Å². The maximum absolute atomic E-state index is 9.98. The third-order valence-corrected chi connectivity index (χ3v) is 3.50. The maximum Gasteiger partial charge on any atom is 0.0887 e. The van der Waals surface area contributed by atoms with Crippen molar-refractivity contribution in [1.29, 1.82) is 0 Å². The first-order valence-corrected chi connectivity index (χ1v) is 6.00. The highest BCUT2D eigenvalue weighted by Gasteiger charge is 2.19. The lowest BCUT2D eigenvalue weighted by molar-refractivity contribution is 0.125. The number of aliphatic hydroxyl groups excluding tert-OH is 1. The largest absolute Gasteiger partial charge is 0.388 e. The molecule has 0 bridgehead atoms. The Hall–Kier alpha value is -0.340. The van der Waals surface area contributed by atoms with E-state index in [1.807, 2.05) is 0 Å². The van der Waals surface area contributed by atoms with Crippen molar-refractivity contribution >= 4 is 11.3 Å². The van der Waals surface area contributed by atoms with Crippen molar-refractivity contribution in [2.45, 2.75) is 46.6 Å². The van der Waals surface area contributed by atoms with Crippen LogP contribution in [0.15, 0.2) is 12.1 Å². The zero-order valence-electron chi connectivity index (χ0n) is 9.50. The van der Waals surface area contributed by atoms with Crippen molar-refractivity contribution in [3.63, 3.8) is 0 Å². The molecule has 0 amide bonds. The molecule has 0 aliphatic carbocycles. The summed E-state index contributed by atoms with van der Waals surface area (Å²) in [6, 6.07) is 4.17. The number of rotatable bonds is 3. The average Bonchev–Trinajstić information content (AvgIpc) is 2.48. The lowest BCUT2D eigenvalue weighted by Crippen LogP contribution is -2.10. The Morgan fingerprint density at radius 2 is 2.00 bits per heavy atom. The van der Waals surface area contributed by atoms with Gasteiger partial charge in [-0.25, -0.2) is 0 Å². The number of aryl methyl sites for hydroxylation is 1. The van der Waals surface area contributed by atoms with Crippen LogP contribution in [0.4, 0.5) is 0 Å². The summed E-state index contributed by atoms with van der Waals surface area (Å²) in [5.74, 6) is 0. The lowest BCUT2D eigenvalue weighted by Gasteiger charge is -2.21. The van der Waals surface area contributed by atoms with Crippen LogP contribution in [-0.2, 0) is 6.42 Å². The minimum absolute atomic E-state index is 0.190. The molecular weight excluding hydrogens is 192 g/mol. The zero-order chi connectivity index (χ0) is 10.8. The van der Waals surface area contributed by atoms with E-state index in [4.69, 9.17) is 0 Å². The Bertz CT molecular complexity index is 283. The average molecular weight is 212 g/mol. The molecule has 1 unspecified atom stereocenters. The minimum atomic E-state index is -0.291. The van der Waals surface area contributed by atoms with Crippen molar-refractivity contribution in [2.24, 2.45) is 5.41 Å². The Morgan fingerprint density at radius 1 is 1.36 bits per heavy atom. The van der Waals surface area contributed by atoms with Gasteiger partial charge in [0.05, 0.1) is 6.10 Å². The van der Waals surface area contributed by atoms with E-state index in [1.54, 1.807) is 11.3 Å². The zero-order valence-corrected chi connectivity index (χ0v) is 10.3. The van der Waals surface area contributed by atoms with E-state index in [0.29, 0.717) is 0 Å². The quantitative estimate of drug-likeness (QED) is 0.808. The molecule has 1 nitrogen and oxygen atoms in total. The summed E-state index contributed by atoms with van der Waals surface area (Å²) in [4.78, 5) is 2.46. The maximum atomic E-state index is 9.98. The van der Waals surface area contributed by atoms with Gasteiger partial charge in [-0.1, -0.05) is 27.7 Å². The Kier molecular flexibility index (Phi) is 3.73. The van der Waals surface area contributed by atoms with Crippen LogP contribution in [0.2, 0.25) is 0 Å². The summed E-state index contributed by atoms with van der Waals surface area (Å²) < 4.78 is 0. The number of thiophene rings is 1. The highest BCUT2D eigenvalue weighted by molar-refractivity contribution is 7.12. The van der Waals surface area contributed by atoms with E-state index in [1.165, 1.54) is 4.88 Å². The summed E-state index contributed by atoms with van der Waals surface area (Å²) in [6.07, 6.45) is 1.60. The standard InChI is InChI=1S/C12H20OS/c1-5-9-6-7-11(14-9)10(13)8-12(2,3)4/h6-7,10,13H,5,8H2,1-4H3. The SMILES string of the molecule is CCc1ccc(C(O)CC(C)(C)C)s1. The predicted octanol–water partition coefficient (Wildman–Crippen LogP) is 3.78. The van der Waals surface area contributed by atoms with E-state index in [9.17, 15) is 5.11 Å². The first-order chi connectivity index (χ1) is 6.42. The van der Waals surface area contributed by atoms with Gasteiger partial charge >= 0.3 is 0 Å². The van der Waals surface area contributed by atoms with E-state index in [0.717, 1.165) is 17.7 Å². The van der Waals surface area contributed by atoms with Crippen LogP contribution in [0.25, 0.3) is 0 Å². The number of hydrogen-bond acceptors (Lipinski definition) is 2.